The van der Waals surface area contributed by atoms with Crippen LogP contribution in [0.1, 0.15) is 95.1 Å². The molecular formula is C23H38O2. The largest absolute Gasteiger partial charge is 0.469 e. The molecule has 0 aromatic heterocycles. The average molecular weight is 347 g/mol. The lowest BCUT2D eigenvalue weighted by Crippen LogP contribution is -1.99. The molecule has 1 aliphatic carbocycles. The van der Waals surface area contributed by atoms with Gasteiger partial charge in [-0.3, -0.25) is 4.79 Å². The van der Waals surface area contributed by atoms with Crippen LogP contribution in [-0.2, 0) is 22.4 Å². The second kappa shape index (κ2) is 15.0. The lowest BCUT2D eigenvalue weighted by Gasteiger charge is -2.05. The molecule has 0 saturated heterocycles. The van der Waals surface area contributed by atoms with Crippen molar-refractivity contribution in [3.05, 3.63) is 35.4 Å². The van der Waals surface area contributed by atoms with Crippen molar-refractivity contribution in [2.75, 3.05) is 7.11 Å². The lowest BCUT2D eigenvalue weighted by atomic mass is 10.0. The van der Waals surface area contributed by atoms with Crippen LogP contribution in [0.5, 0.6) is 0 Å². The Morgan fingerprint density at radius 2 is 1.28 bits per heavy atom. The van der Waals surface area contributed by atoms with Gasteiger partial charge in [-0.1, -0.05) is 82.6 Å². The van der Waals surface area contributed by atoms with Gasteiger partial charge in [0.05, 0.1) is 7.11 Å². The summed E-state index contributed by atoms with van der Waals surface area (Å²) >= 11 is 0. The van der Waals surface area contributed by atoms with Crippen LogP contribution in [0.25, 0.3) is 0 Å². The standard InChI is InChI=1S/C20H32O2.C3H6/c1-3-4-5-6-7-8-11-18-14-16-19(17-15-18)12-9-10-13-20(21)22-2;1-2-3-1/h14-17H,3-13H2,1-2H3;1-3H2. The minimum Gasteiger partial charge on any atom is -0.469 e. The van der Waals surface area contributed by atoms with Crippen LogP contribution < -0.4 is 0 Å². The molecule has 142 valence electrons. The van der Waals surface area contributed by atoms with Crippen LogP contribution >= 0.6 is 0 Å². The fraction of sp³-hybridized carbons (Fsp3) is 0.696. The molecule has 2 rings (SSSR count). The summed E-state index contributed by atoms with van der Waals surface area (Å²) < 4.78 is 4.65. The molecular weight excluding hydrogens is 308 g/mol. The van der Waals surface area contributed by atoms with E-state index < -0.39 is 0 Å². The second-order valence-electron chi connectivity index (χ2n) is 7.18. The zero-order valence-electron chi connectivity index (χ0n) is 16.5. The Bertz CT molecular complexity index is 431. The third-order valence-electron chi connectivity index (χ3n) is 4.52. The summed E-state index contributed by atoms with van der Waals surface area (Å²) in [6, 6.07) is 9.01. The number of carbonyl (C=O) groups is 1. The van der Waals surface area contributed by atoms with Gasteiger partial charge in [0.15, 0.2) is 0 Å². The van der Waals surface area contributed by atoms with Crippen LogP contribution in [0, 0.1) is 0 Å². The maximum absolute atomic E-state index is 11.0. The van der Waals surface area contributed by atoms with Crippen LogP contribution in [0.3, 0.4) is 0 Å². The van der Waals surface area contributed by atoms with E-state index in [2.05, 4.69) is 35.9 Å². The van der Waals surface area contributed by atoms with Gasteiger partial charge < -0.3 is 4.74 Å². The predicted molar refractivity (Wildman–Crippen MR) is 107 cm³/mol. The Morgan fingerprint density at radius 1 is 0.800 bits per heavy atom. The van der Waals surface area contributed by atoms with E-state index in [0.717, 1.165) is 19.3 Å². The maximum atomic E-state index is 11.0. The highest BCUT2D eigenvalue weighted by atomic mass is 16.5. The van der Waals surface area contributed by atoms with Crippen molar-refractivity contribution in [1.29, 1.82) is 0 Å². The normalized spacial score (nSPS) is 12.2. The number of ether oxygens (including phenoxy) is 1. The number of carbonyl (C=O) groups excluding carboxylic acids is 1. The molecule has 2 heteroatoms. The van der Waals surface area contributed by atoms with Gasteiger partial charge >= 0.3 is 5.97 Å². The van der Waals surface area contributed by atoms with E-state index in [1.54, 1.807) is 0 Å². The number of aryl methyl sites for hydroxylation is 2. The zero-order valence-corrected chi connectivity index (χ0v) is 16.5. The third kappa shape index (κ3) is 13.6. The molecule has 0 aliphatic heterocycles. The minimum atomic E-state index is -0.103. The molecule has 0 unspecified atom stereocenters. The molecule has 0 N–H and O–H groups in total. The number of hydrogen-bond acceptors (Lipinski definition) is 2. The number of hydrogen-bond donors (Lipinski definition) is 0. The Morgan fingerprint density at radius 3 is 1.76 bits per heavy atom. The van der Waals surface area contributed by atoms with Gasteiger partial charge in [0, 0.05) is 6.42 Å². The van der Waals surface area contributed by atoms with E-state index in [0.29, 0.717) is 6.42 Å². The Labute approximate surface area is 155 Å². The molecule has 0 bridgehead atoms. The van der Waals surface area contributed by atoms with Crippen LogP contribution in [0.15, 0.2) is 24.3 Å². The Hall–Kier alpha value is -1.31. The second-order valence-corrected chi connectivity index (χ2v) is 7.18. The van der Waals surface area contributed by atoms with E-state index >= 15 is 0 Å². The Balaban J connectivity index is 0.000000934. The molecule has 1 aromatic carbocycles. The first kappa shape index (κ1) is 21.7. The Kier molecular flexibility index (Phi) is 13.0. The van der Waals surface area contributed by atoms with Crippen molar-refractivity contribution in [2.24, 2.45) is 0 Å². The molecule has 1 saturated carbocycles. The summed E-state index contributed by atoms with van der Waals surface area (Å²) in [6.07, 6.45) is 17.4. The number of methoxy groups -OCH3 is 1. The quantitative estimate of drug-likeness (QED) is 0.313. The van der Waals surface area contributed by atoms with Gasteiger partial charge in [-0.05, 0) is 43.2 Å². The maximum Gasteiger partial charge on any atom is 0.305 e. The van der Waals surface area contributed by atoms with Crippen molar-refractivity contribution in [2.45, 2.75) is 96.8 Å². The highest BCUT2D eigenvalue weighted by Crippen LogP contribution is 2.15. The number of unbranched alkanes of at least 4 members (excludes halogenated alkanes) is 6. The fourth-order valence-electron chi connectivity index (χ4n) is 2.68. The van der Waals surface area contributed by atoms with Crippen molar-refractivity contribution in [1.82, 2.24) is 0 Å². The highest BCUT2D eigenvalue weighted by molar-refractivity contribution is 5.68. The van der Waals surface area contributed by atoms with E-state index in [1.807, 2.05) is 0 Å². The summed E-state index contributed by atoms with van der Waals surface area (Å²) in [6.45, 7) is 2.26. The van der Waals surface area contributed by atoms with Gasteiger partial charge in [-0.15, -0.1) is 0 Å². The van der Waals surface area contributed by atoms with E-state index in [1.165, 1.54) is 82.4 Å². The zero-order chi connectivity index (χ0) is 18.2. The van der Waals surface area contributed by atoms with Gasteiger partial charge in [0.25, 0.3) is 0 Å². The molecule has 0 spiro atoms. The summed E-state index contributed by atoms with van der Waals surface area (Å²) in [5, 5.41) is 0. The summed E-state index contributed by atoms with van der Waals surface area (Å²) in [4.78, 5) is 11.0. The highest BCUT2D eigenvalue weighted by Gasteiger charge is 2.00. The van der Waals surface area contributed by atoms with Gasteiger partial charge in [-0.2, -0.15) is 0 Å². The molecule has 2 nitrogen and oxygen atoms in total. The first-order valence-electron chi connectivity index (χ1n) is 10.4. The molecule has 0 radical (unpaired) electrons. The number of benzene rings is 1. The van der Waals surface area contributed by atoms with E-state index in [-0.39, 0.29) is 5.97 Å². The summed E-state index contributed by atoms with van der Waals surface area (Å²) in [5.74, 6) is -0.103. The average Bonchev–Trinajstić information content (AvgIpc) is 3.52. The van der Waals surface area contributed by atoms with E-state index in [9.17, 15) is 4.79 Å². The fourth-order valence-corrected chi connectivity index (χ4v) is 2.68. The smallest absolute Gasteiger partial charge is 0.305 e. The molecule has 1 fully saturated rings. The summed E-state index contributed by atoms with van der Waals surface area (Å²) in [5.41, 5.74) is 2.82. The van der Waals surface area contributed by atoms with Crippen LogP contribution in [0.4, 0.5) is 0 Å². The molecule has 0 atom stereocenters. The monoisotopic (exact) mass is 346 g/mol. The van der Waals surface area contributed by atoms with Gasteiger partial charge in [0.1, 0.15) is 0 Å². The van der Waals surface area contributed by atoms with Crippen LogP contribution in [0.2, 0.25) is 0 Å². The first-order chi connectivity index (χ1) is 12.3. The minimum absolute atomic E-state index is 0.103. The summed E-state index contributed by atoms with van der Waals surface area (Å²) in [7, 11) is 1.45. The predicted octanol–water partition coefficient (Wildman–Crippen LogP) is 6.65. The number of rotatable bonds is 12. The van der Waals surface area contributed by atoms with Gasteiger partial charge in [-0.25, -0.2) is 0 Å². The SMILES string of the molecule is C1CC1.CCCCCCCCc1ccc(CCCCC(=O)OC)cc1. The lowest BCUT2D eigenvalue weighted by molar-refractivity contribution is -0.140. The third-order valence-corrected chi connectivity index (χ3v) is 4.52. The first-order valence-corrected chi connectivity index (χ1v) is 10.4. The molecule has 25 heavy (non-hydrogen) atoms. The molecule has 1 aromatic rings. The van der Waals surface area contributed by atoms with E-state index in [4.69, 9.17) is 0 Å². The van der Waals surface area contributed by atoms with Crippen LogP contribution in [-0.4, -0.2) is 13.1 Å². The molecule has 1 aliphatic rings. The van der Waals surface area contributed by atoms with Crippen molar-refractivity contribution >= 4 is 5.97 Å². The topological polar surface area (TPSA) is 26.3 Å². The van der Waals surface area contributed by atoms with Crippen molar-refractivity contribution in [3.63, 3.8) is 0 Å². The molecule has 0 heterocycles. The number of esters is 1. The molecule has 0 amide bonds. The van der Waals surface area contributed by atoms with Crippen molar-refractivity contribution < 1.29 is 9.53 Å². The van der Waals surface area contributed by atoms with Gasteiger partial charge in [0.2, 0.25) is 0 Å². The van der Waals surface area contributed by atoms with Crippen molar-refractivity contribution in [3.8, 4) is 0 Å².